The molecule has 1 amide bonds. The van der Waals surface area contributed by atoms with E-state index in [0.717, 1.165) is 27.7 Å². The molecular weight excluding hydrogens is 366 g/mol. The van der Waals surface area contributed by atoms with Gasteiger partial charge in [0, 0.05) is 34.7 Å². The standard InChI is InChI=1S/C16H25NO10/c1-8(24-10(3)19)14(25-11(4)20)15(26-12(5)21)13(7-23-9(2)18)27-16(22)17-6/h8,13-15H,7H2,1-6H3,(H,17,22). The number of carbonyl (C=O) groups is 5. The van der Waals surface area contributed by atoms with E-state index in [1.165, 1.54) is 14.0 Å². The summed E-state index contributed by atoms with van der Waals surface area (Å²) in [5.41, 5.74) is 0. The van der Waals surface area contributed by atoms with Gasteiger partial charge in [-0.1, -0.05) is 0 Å². The van der Waals surface area contributed by atoms with Crippen molar-refractivity contribution in [2.75, 3.05) is 13.7 Å². The molecule has 0 saturated heterocycles. The first-order valence-electron chi connectivity index (χ1n) is 8.01. The molecule has 0 aliphatic heterocycles. The number of rotatable bonds is 9. The van der Waals surface area contributed by atoms with Crippen molar-refractivity contribution < 1.29 is 47.7 Å². The van der Waals surface area contributed by atoms with Gasteiger partial charge < -0.3 is 29.0 Å². The average Bonchev–Trinajstić information content (AvgIpc) is 2.53. The lowest BCUT2D eigenvalue weighted by molar-refractivity contribution is -0.194. The largest absolute Gasteiger partial charge is 0.462 e. The van der Waals surface area contributed by atoms with Gasteiger partial charge in [-0.25, -0.2) is 4.79 Å². The number of ether oxygens (including phenoxy) is 5. The number of hydrogen-bond donors (Lipinski definition) is 1. The van der Waals surface area contributed by atoms with E-state index in [-0.39, 0.29) is 0 Å². The van der Waals surface area contributed by atoms with Gasteiger partial charge in [0.15, 0.2) is 18.3 Å². The third-order valence-corrected chi connectivity index (χ3v) is 3.02. The zero-order chi connectivity index (χ0) is 21.1. The van der Waals surface area contributed by atoms with Gasteiger partial charge in [0.1, 0.15) is 12.7 Å². The van der Waals surface area contributed by atoms with Gasteiger partial charge in [-0.3, -0.25) is 19.2 Å². The minimum Gasteiger partial charge on any atom is -0.462 e. The second-order valence-electron chi connectivity index (χ2n) is 5.46. The van der Waals surface area contributed by atoms with Gasteiger partial charge in [0.2, 0.25) is 0 Å². The third kappa shape index (κ3) is 10.0. The Morgan fingerprint density at radius 2 is 1.22 bits per heavy atom. The van der Waals surface area contributed by atoms with E-state index in [1.807, 2.05) is 0 Å². The summed E-state index contributed by atoms with van der Waals surface area (Å²) in [6, 6.07) is 0. The van der Waals surface area contributed by atoms with Crippen molar-refractivity contribution in [3.05, 3.63) is 0 Å². The molecule has 4 atom stereocenters. The second kappa shape index (κ2) is 11.7. The highest BCUT2D eigenvalue weighted by molar-refractivity contribution is 5.69. The van der Waals surface area contributed by atoms with Crippen LogP contribution in [0.2, 0.25) is 0 Å². The van der Waals surface area contributed by atoms with Crippen LogP contribution in [-0.4, -0.2) is 68.0 Å². The van der Waals surface area contributed by atoms with Crippen LogP contribution in [-0.2, 0) is 42.9 Å². The first-order valence-corrected chi connectivity index (χ1v) is 8.01. The Morgan fingerprint density at radius 1 is 0.741 bits per heavy atom. The van der Waals surface area contributed by atoms with E-state index >= 15 is 0 Å². The van der Waals surface area contributed by atoms with E-state index in [1.54, 1.807) is 0 Å². The third-order valence-electron chi connectivity index (χ3n) is 3.02. The highest BCUT2D eigenvalue weighted by Gasteiger charge is 2.42. The molecular formula is C16H25NO10. The van der Waals surface area contributed by atoms with Crippen molar-refractivity contribution in [3.63, 3.8) is 0 Å². The summed E-state index contributed by atoms with van der Waals surface area (Å²) in [7, 11) is 1.29. The smallest absolute Gasteiger partial charge is 0.407 e. The maximum atomic E-state index is 11.6. The summed E-state index contributed by atoms with van der Waals surface area (Å²) in [6.07, 6.45) is -6.08. The molecule has 11 heteroatoms. The van der Waals surface area contributed by atoms with Crippen molar-refractivity contribution >= 4 is 30.0 Å². The highest BCUT2D eigenvalue weighted by atomic mass is 16.6. The lowest BCUT2D eigenvalue weighted by Gasteiger charge is -2.34. The molecule has 0 aromatic heterocycles. The van der Waals surface area contributed by atoms with Crippen molar-refractivity contribution in [3.8, 4) is 0 Å². The topological polar surface area (TPSA) is 144 Å². The number of nitrogens with one attached hydrogen (secondary N) is 1. The van der Waals surface area contributed by atoms with Crippen LogP contribution >= 0.6 is 0 Å². The molecule has 0 aliphatic carbocycles. The lowest BCUT2D eigenvalue weighted by atomic mass is 10.0. The molecule has 0 aliphatic rings. The van der Waals surface area contributed by atoms with Gasteiger partial charge in [-0.15, -0.1) is 0 Å². The normalized spacial score (nSPS) is 14.6. The molecule has 4 unspecified atom stereocenters. The Bertz CT molecular complexity index is 561. The Morgan fingerprint density at radius 3 is 1.63 bits per heavy atom. The quantitative estimate of drug-likeness (QED) is 0.424. The molecule has 154 valence electrons. The summed E-state index contributed by atoms with van der Waals surface area (Å²) < 4.78 is 25.2. The molecule has 1 N–H and O–H groups in total. The molecule has 11 nitrogen and oxygen atoms in total. The fraction of sp³-hybridized carbons (Fsp3) is 0.688. The van der Waals surface area contributed by atoms with E-state index < -0.39 is 61.0 Å². The molecule has 27 heavy (non-hydrogen) atoms. The summed E-state index contributed by atoms with van der Waals surface area (Å²) in [5, 5.41) is 2.20. The molecule has 0 rings (SSSR count). The van der Waals surface area contributed by atoms with E-state index in [2.05, 4.69) is 5.32 Å². The Kier molecular flexibility index (Phi) is 10.5. The maximum Gasteiger partial charge on any atom is 0.407 e. The average molecular weight is 391 g/mol. The Balaban J connectivity index is 5.87. The molecule has 0 radical (unpaired) electrons. The van der Waals surface area contributed by atoms with Crippen LogP contribution < -0.4 is 5.32 Å². The van der Waals surface area contributed by atoms with Crippen LogP contribution in [0.5, 0.6) is 0 Å². The summed E-state index contributed by atoms with van der Waals surface area (Å²) in [4.78, 5) is 57.1. The van der Waals surface area contributed by atoms with Gasteiger partial charge in [0.25, 0.3) is 0 Å². The van der Waals surface area contributed by atoms with Crippen LogP contribution in [0.3, 0.4) is 0 Å². The second-order valence-corrected chi connectivity index (χ2v) is 5.46. The minimum absolute atomic E-state index is 0.495. The van der Waals surface area contributed by atoms with Crippen LogP contribution in [0.1, 0.15) is 34.6 Å². The predicted octanol–water partition coefficient (Wildman–Crippen LogP) is 0.0891. The van der Waals surface area contributed by atoms with E-state index in [4.69, 9.17) is 23.7 Å². The maximum absolute atomic E-state index is 11.6. The molecule has 0 fully saturated rings. The number of amides is 1. The van der Waals surface area contributed by atoms with Gasteiger partial charge in [-0.05, 0) is 6.92 Å². The van der Waals surface area contributed by atoms with Gasteiger partial charge in [-0.2, -0.15) is 0 Å². The van der Waals surface area contributed by atoms with Gasteiger partial charge in [0.05, 0.1) is 0 Å². The Hall–Kier alpha value is -2.85. The number of carbonyl (C=O) groups excluding carboxylic acids is 5. The van der Waals surface area contributed by atoms with E-state index in [9.17, 15) is 24.0 Å². The van der Waals surface area contributed by atoms with Crippen molar-refractivity contribution in [1.82, 2.24) is 5.32 Å². The predicted molar refractivity (Wildman–Crippen MR) is 88.3 cm³/mol. The first kappa shape index (κ1) is 24.1. The van der Waals surface area contributed by atoms with Crippen molar-refractivity contribution in [2.24, 2.45) is 0 Å². The van der Waals surface area contributed by atoms with E-state index in [0.29, 0.717) is 0 Å². The van der Waals surface area contributed by atoms with Crippen LogP contribution in [0.15, 0.2) is 0 Å². The molecule has 0 aromatic carbocycles. The fourth-order valence-corrected chi connectivity index (χ4v) is 2.09. The molecule has 0 saturated carbocycles. The first-order chi connectivity index (χ1) is 12.5. The van der Waals surface area contributed by atoms with Crippen LogP contribution in [0.25, 0.3) is 0 Å². The Labute approximate surface area is 156 Å². The zero-order valence-electron chi connectivity index (χ0n) is 16.1. The summed E-state index contributed by atoms with van der Waals surface area (Å²) >= 11 is 0. The lowest BCUT2D eigenvalue weighted by Crippen LogP contribution is -2.52. The molecule has 0 aromatic rings. The molecule has 0 bridgehead atoms. The van der Waals surface area contributed by atoms with Crippen LogP contribution in [0.4, 0.5) is 4.79 Å². The number of esters is 4. The zero-order valence-corrected chi connectivity index (χ0v) is 16.1. The minimum atomic E-state index is -1.42. The SMILES string of the molecule is CNC(=O)OC(COC(C)=O)C(OC(C)=O)C(OC(C)=O)C(C)OC(C)=O. The van der Waals surface area contributed by atoms with Crippen LogP contribution in [0, 0.1) is 0 Å². The monoisotopic (exact) mass is 391 g/mol. The molecule has 0 heterocycles. The van der Waals surface area contributed by atoms with Crippen molar-refractivity contribution in [2.45, 2.75) is 59.0 Å². The number of alkyl carbamates (subject to hydrolysis) is 1. The highest BCUT2D eigenvalue weighted by Crippen LogP contribution is 2.19. The summed E-state index contributed by atoms with van der Waals surface area (Å²) in [6.45, 7) is 5.35. The molecule has 0 spiro atoms. The van der Waals surface area contributed by atoms with Crippen molar-refractivity contribution in [1.29, 1.82) is 0 Å². The fourth-order valence-electron chi connectivity index (χ4n) is 2.09. The summed E-state index contributed by atoms with van der Waals surface area (Å²) in [5.74, 6) is -2.91. The number of hydrogen-bond acceptors (Lipinski definition) is 10. The van der Waals surface area contributed by atoms with Gasteiger partial charge >= 0.3 is 30.0 Å².